The number of alkyl halides is 3. The second kappa shape index (κ2) is 7.37. The SMILES string of the molecule is C[C@H](CO)NC(=O)Nc1ccc(Cl)cc1OCC(F)(F)F. The molecule has 1 aromatic rings. The Morgan fingerprint density at radius 1 is 1.48 bits per heavy atom. The van der Waals surface area contributed by atoms with Gasteiger partial charge in [-0.2, -0.15) is 13.2 Å². The summed E-state index contributed by atoms with van der Waals surface area (Å²) in [7, 11) is 0. The number of carbonyl (C=O) groups excluding carboxylic acids is 1. The van der Waals surface area contributed by atoms with Gasteiger partial charge in [-0.25, -0.2) is 4.79 Å². The van der Waals surface area contributed by atoms with Crippen LogP contribution in [-0.2, 0) is 0 Å². The smallest absolute Gasteiger partial charge is 0.422 e. The third-order valence-corrected chi connectivity index (χ3v) is 2.47. The van der Waals surface area contributed by atoms with E-state index in [0.717, 1.165) is 0 Å². The Hall–Kier alpha value is -1.67. The van der Waals surface area contributed by atoms with Gasteiger partial charge in [-0.15, -0.1) is 0 Å². The molecular weight excluding hydrogens is 313 g/mol. The highest BCUT2D eigenvalue weighted by Gasteiger charge is 2.29. The second-order valence-electron chi connectivity index (χ2n) is 4.23. The molecule has 5 nitrogen and oxygen atoms in total. The van der Waals surface area contributed by atoms with E-state index < -0.39 is 24.9 Å². The second-order valence-corrected chi connectivity index (χ2v) is 4.66. The summed E-state index contributed by atoms with van der Waals surface area (Å²) in [4.78, 5) is 11.6. The third kappa shape index (κ3) is 6.54. The van der Waals surface area contributed by atoms with Gasteiger partial charge in [0.05, 0.1) is 18.3 Å². The summed E-state index contributed by atoms with van der Waals surface area (Å²) < 4.78 is 41.1. The Labute approximate surface area is 124 Å². The lowest BCUT2D eigenvalue weighted by Crippen LogP contribution is -2.38. The summed E-state index contributed by atoms with van der Waals surface area (Å²) in [6.45, 7) is -0.218. The molecule has 0 aliphatic rings. The first kappa shape index (κ1) is 17.4. The van der Waals surface area contributed by atoms with Crippen LogP contribution in [0, 0.1) is 0 Å². The molecule has 0 fully saturated rings. The van der Waals surface area contributed by atoms with Gasteiger partial charge in [-0.3, -0.25) is 0 Å². The van der Waals surface area contributed by atoms with Gasteiger partial charge in [-0.05, 0) is 19.1 Å². The van der Waals surface area contributed by atoms with Gasteiger partial charge in [0.1, 0.15) is 5.75 Å². The maximum Gasteiger partial charge on any atom is 0.422 e. The van der Waals surface area contributed by atoms with Crippen molar-refractivity contribution in [1.82, 2.24) is 5.32 Å². The predicted molar refractivity (Wildman–Crippen MR) is 71.7 cm³/mol. The number of amides is 2. The average Bonchev–Trinajstić information content (AvgIpc) is 2.37. The molecule has 1 atom stereocenters. The largest absolute Gasteiger partial charge is 0.482 e. The normalized spacial score (nSPS) is 12.7. The minimum absolute atomic E-state index is 0.0336. The fourth-order valence-corrected chi connectivity index (χ4v) is 1.47. The highest BCUT2D eigenvalue weighted by molar-refractivity contribution is 6.30. The van der Waals surface area contributed by atoms with E-state index in [-0.39, 0.29) is 23.1 Å². The molecule has 1 aromatic carbocycles. The zero-order valence-corrected chi connectivity index (χ0v) is 11.8. The summed E-state index contributed by atoms with van der Waals surface area (Å²) in [5.41, 5.74) is 0.0336. The molecule has 3 N–H and O–H groups in total. The van der Waals surface area contributed by atoms with Crippen molar-refractivity contribution in [3.05, 3.63) is 23.2 Å². The summed E-state index contributed by atoms with van der Waals surface area (Å²) in [5, 5.41) is 13.7. The molecule has 0 aliphatic heterocycles. The van der Waals surface area contributed by atoms with E-state index >= 15 is 0 Å². The molecule has 0 aliphatic carbocycles. The number of hydrogen-bond donors (Lipinski definition) is 3. The quantitative estimate of drug-likeness (QED) is 0.779. The Bertz CT molecular complexity index is 497. The van der Waals surface area contributed by atoms with Crippen LogP contribution in [0.15, 0.2) is 18.2 Å². The number of aliphatic hydroxyl groups excluding tert-OH is 1. The minimum Gasteiger partial charge on any atom is -0.482 e. The van der Waals surface area contributed by atoms with Gasteiger partial charge < -0.3 is 20.5 Å². The van der Waals surface area contributed by atoms with Gasteiger partial charge >= 0.3 is 12.2 Å². The maximum absolute atomic E-state index is 12.2. The van der Waals surface area contributed by atoms with Crippen LogP contribution in [0.2, 0.25) is 5.02 Å². The molecule has 0 saturated carbocycles. The first-order valence-corrected chi connectivity index (χ1v) is 6.26. The standard InChI is InChI=1S/C12H14ClF3N2O3/c1-7(5-19)17-11(20)18-9-3-2-8(13)4-10(9)21-6-12(14,15)16/h2-4,7,19H,5-6H2,1H3,(H2,17,18,20)/t7-/m1/s1. The number of aliphatic hydroxyl groups is 1. The van der Waals surface area contributed by atoms with Gasteiger partial charge in [-0.1, -0.05) is 11.6 Å². The fourth-order valence-electron chi connectivity index (χ4n) is 1.31. The molecule has 0 aromatic heterocycles. The number of urea groups is 1. The number of hydrogen-bond acceptors (Lipinski definition) is 3. The monoisotopic (exact) mass is 326 g/mol. The third-order valence-electron chi connectivity index (χ3n) is 2.23. The average molecular weight is 327 g/mol. The van der Waals surface area contributed by atoms with E-state index in [0.29, 0.717) is 0 Å². The van der Waals surface area contributed by atoms with Crippen molar-refractivity contribution in [3.63, 3.8) is 0 Å². The van der Waals surface area contributed by atoms with Crippen LogP contribution < -0.4 is 15.4 Å². The van der Waals surface area contributed by atoms with Crippen LogP contribution >= 0.6 is 11.6 Å². The molecule has 0 heterocycles. The van der Waals surface area contributed by atoms with Crippen molar-refractivity contribution >= 4 is 23.3 Å². The molecular formula is C12H14ClF3N2O3. The van der Waals surface area contributed by atoms with Gasteiger partial charge in [0.25, 0.3) is 0 Å². The summed E-state index contributed by atoms with van der Waals surface area (Å²) >= 11 is 5.69. The number of halogens is 4. The fraction of sp³-hybridized carbons (Fsp3) is 0.417. The first-order valence-electron chi connectivity index (χ1n) is 5.88. The molecule has 0 saturated heterocycles. The summed E-state index contributed by atoms with van der Waals surface area (Å²) in [6, 6.07) is 2.69. The van der Waals surface area contributed by atoms with E-state index in [1.807, 2.05) is 0 Å². The van der Waals surface area contributed by atoms with E-state index in [2.05, 4.69) is 15.4 Å². The highest BCUT2D eigenvalue weighted by Crippen LogP contribution is 2.29. The molecule has 0 unspecified atom stereocenters. The molecule has 118 valence electrons. The topological polar surface area (TPSA) is 70.6 Å². The van der Waals surface area contributed by atoms with Crippen LogP contribution in [-0.4, -0.2) is 36.6 Å². The molecule has 21 heavy (non-hydrogen) atoms. The van der Waals surface area contributed by atoms with Crippen molar-refractivity contribution in [2.45, 2.75) is 19.1 Å². The van der Waals surface area contributed by atoms with E-state index in [9.17, 15) is 18.0 Å². The molecule has 0 spiro atoms. The van der Waals surface area contributed by atoms with Gasteiger partial charge in [0, 0.05) is 11.1 Å². The Balaban J connectivity index is 2.79. The number of rotatable bonds is 5. The highest BCUT2D eigenvalue weighted by atomic mass is 35.5. The van der Waals surface area contributed by atoms with Crippen molar-refractivity contribution in [3.8, 4) is 5.75 Å². The van der Waals surface area contributed by atoms with Crippen molar-refractivity contribution in [2.75, 3.05) is 18.5 Å². The maximum atomic E-state index is 12.2. The van der Waals surface area contributed by atoms with E-state index in [4.69, 9.17) is 16.7 Å². The molecule has 0 bridgehead atoms. The van der Waals surface area contributed by atoms with Crippen molar-refractivity contribution < 1.29 is 27.8 Å². The first-order chi connectivity index (χ1) is 9.71. The van der Waals surface area contributed by atoms with E-state index in [1.54, 1.807) is 6.92 Å². The van der Waals surface area contributed by atoms with Crippen molar-refractivity contribution in [2.24, 2.45) is 0 Å². The summed E-state index contributed by atoms with van der Waals surface area (Å²) in [6.07, 6.45) is -4.51. The number of carbonyl (C=O) groups is 1. The lowest BCUT2D eigenvalue weighted by Gasteiger charge is -2.16. The molecule has 0 radical (unpaired) electrons. The number of anilines is 1. The van der Waals surface area contributed by atoms with Crippen LogP contribution in [0.3, 0.4) is 0 Å². The van der Waals surface area contributed by atoms with Crippen LogP contribution in [0.1, 0.15) is 6.92 Å². The molecule has 9 heteroatoms. The number of ether oxygens (including phenoxy) is 1. The van der Waals surface area contributed by atoms with Crippen LogP contribution in [0.5, 0.6) is 5.75 Å². The van der Waals surface area contributed by atoms with Gasteiger partial charge in [0.2, 0.25) is 0 Å². The zero-order chi connectivity index (χ0) is 16.0. The predicted octanol–water partition coefficient (Wildman–Crippen LogP) is 2.78. The van der Waals surface area contributed by atoms with E-state index in [1.165, 1.54) is 18.2 Å². The van der Waals surface area contributed by atoms with Gasteiger partial charge in [0.15, 0.2) is 6.61 Å². The van der Waals surface area contributed by atoms with Crippen molar-refractivity contribution in [1.29, 1.82) is 0 Å². The lowest BCUT2D eigenvalue weighted by atomic mass is 10.3. The Morgan fingerprint density at radius 3 is 2.71 bits per heavy atom. The molecule has 1 rings (SSSR count). The number of benzene rings is 1. The Kier molecular flexibility index (Phi) is 6.10. The van der Waals surface area contributed by atoms with Crippen LogP contribution in [0.25, 0.3) is 0 Å². The minimum atomic E-state index is -4.51. The number of nitrogens with one attached hydrogen (secondary N) is 2. The molecule has 2 amide bonds. The van der Waals surface area contributed by atoms with Crippen LogP contribution in [0.4, 0.5) is 23.7 Å². The lowest BCUT2D eigenvalue weighted by molar-refractivity contribution is -0.153. The Morgan fingerprint density at radius 2 is 2.14 bits per heavy atom. The zero-order valence-electron chi connectivity index (χ0n) is 11.0. The summed E-state index contributed by atoms with van der Waals surface area (Å²) in [5.74, 6) is -0.202.